The van der Waals surface area contributed by atoms with Gasteiger partial charge in [0.05, 0.1) is 17.0 Å². The molecular weight excluding hydrogens is 300 g/mol. The van der Waals surface area contributed by atoms with E-state index in [1.807, 2.05) is 31.2 Å². The molecule has 2 heterocycles. The van der Waals surface area contributed by atoms with Gasteiger partial charge in [0.25, 0.3) is 5.91 Å². The van der Waals surface area contributed by atoms with Gasteiger partial charge in [0, 0.05) is 16.3 Å². The van der Waals surface area contributed by atoms with Gasteiger partial charge in [0.1, 0.15) is 11.3 Å². The van der Waals surface area contributed by atoms with Crippen LogP contribution in [-0.4, -0.2) is 11.8 Å². The zero-order chi connectivity index (χ0) is 15.7. The number of benzene rings is 1. The van der Waals surface area contributed by atoms with Crippen LogP contribution >= 0.6 is 11.3 Å². The van der Waals surface area contributed by atoms with Crippen molar-refractivity contribution in [1.29, 1.82) is 0 Å². The molecule has 0 aliphatic rings. The molecule has 2 amide bonds. The highest BCUT2D eigenvalue weighted by atomic mass is 32.1. The molecular formula is C16H14N2O3S. The number of carbonyl (C=O) groups excluding carboxylic acids is 2. The molecule has 6 heteroatoms. The van der Waals surface area contributed by atoms with Gasteiger partial charge in [-0.15, -0.1) is 11.3 Å². The van der Waals surface area contributed by atoms with Gasteiger partial charge in [-0.3, -0.25) is 9.59 Å². The van der Waals surface area contributed by atoms with Crippen LogP contribution in [0.4, 0.5) is 0 Å². The number of hydrogen-bond acceptors (Lipinski definition) is 4. The standard InChI is InChI=1S/C16H14N2O3S/c1-9-11-4-2-3-5-12(11)21-13(9)7-18-16(20)14-6-10(8-22-14)15(17)19/h2-6,8H,7H2,1H3,(H2,17,19)(H,18,20). The van der Waals surface area contributed by atoms with Gasteiger partial charge < -0.3 is 15.5 Å². The Hall–Kier alpha value is -2.60. The molecule has 3 N–H and O–H groups in total. The van der Waals surface area contributed by atoms with Gasteiger partial charge in [-0.2, -0.15) is 0 Å². The van der Waals surface area contributed by atoms with Crippen molar-refractivity contribution in [3.63, 3.8) is 0 Å². The minimum Gasteiger partial charge on any atom is -0.459 e. The summed E-state index contributed by atoms with van der Waals surface area (Å²) in [7, 11) is 0. The third-order valence-corrected chi connectivity index (χ3v) is 4.39. The maximum atomic E-state index is 12.1. The molecule has 0 saturated carbocycles. The lowest BCUT2D eigenvalue weighted by atomic mass is 10.1. The molecule has 0 fully saturated rings. The van der Waals surface area contributed by atoms with Crippen molar-refractivity contribution in [3.8, 4) is 0 Å². The van der Waals surface area contributed by atoms with Crippen LogP contribution < -0.4 is 11.1 Å². The van der Waals surface area contributed by atoms with E-state index in [9.17, 15) is 9.59 Å². The molecule has 0 unspecified atom stereocenters. The number of primary amides is 1. The number of fused-ring (bicyclic) bond motifs is 1. The Labute approximate surface area is 130 Å². The summed E-state index contributed by atoms with van der Waals surface area (Å²) in [5.41, 5.74) is 7.33. The number of nitrogens with one attached hydrogen (secondary N) is 1. The second-order valence-corrected chi connectivity index (χ2v) is 5.80. The van der Waals surface area contributed by atoms with Crippen molar-refractivity contribution in [2.45, 2.75) is 13.5 Å². The SMILES string of the molecule is Cc1c(CNC(=O)c2cc(C(N)=O)cs2)oc2ccccc12. The third kappa shape index (κ3) is 2.60. The maximum Gasteiger partial charge on any atom is 0.261 e. The Bertz CT molecular complexity index is 863. The molecule has 3 rings (SSSR count). The van der Waals surface area contributed by atoms with E-state index in [4.69, 9.17) is 10.2 Å². The van der Waals surface area contributed by atoms with E-state index < -0.39 is 5.91 Å². The van der Waals surface area contributed by atoms with Crippen LogP contribution in [-0.2, 0) is 6.54 Å². The maximum absolute atomic E-state index is 12.1. The Morgan fingerprint density at radius 3 is 2.77 bits per heavy atom. The summed E-state index contributed by atoms with van der Waals surface area (Å²) in [5.74, 6) is -0.0676. The molecule has 112 valence electrons. The molecule has 2 aromatic heterocycles. The average molecular weight is 314 g/mol. The molecule has 0 saturated heterocycles. The summed E-state index contributed by atoms with van der Waals surface area (Å²) in [4.78, 5) is 23.6. The second kappa shape index (κ2) is 5.65. The summed E-state index contributed by atoms with van der Waals surface area (Å²) in [6.07, 6.45) is 0. The van der Waals surface area contributed by atoms with Crippen LogP contribution in [0.3, 0.4) is 0 Å². The number of aryl methyl sites for hydroxylation is 1. The largest absolute Gasteiger partial charge is 0.459 e. The molecule has 5 nitrogen and oxygen atoms in total. The summed E-state index contributed by atoms with van der Waals surface area (Å²) in [6, 6.07) is 9.23. The Morgan fingerprint density at radius 2 is 2.09 bits per heavy atom. The van der Waals surface area contributed by atoms with E-state index in [2.05, 4.69) is 5.32 Å². The fraction of sp³-hybridized carbons (Fsp3) is 0.125. The van der Waals surface area contributed by atoms with Gasteiger partial charge >= 0.3 is 0 Å². The van der Waals surface area contributed by atoms with Gasteiger partial charge in [0.15, 0.2) is 0 Å². The highest BCUT2D eigenvalue weighted by molar-refractivity contribution is 7.12. The lowest BCUT2D eigenvalue weighted by Gasteiger charge is -2.01. The molecule has 0 aliphatic heterocycles. The minimum atomic E-state index is -0.538. The fourth-order valence-electron chi connectivity index (χ4n) is 2.23. The molecule has 0 radical (unpaired) electrons. The first kappa shape index (κ1) is 14.3. The monoisotopic (exact) mass is 314 g/mol. The van der Waals surface area contributed by atoms with Crippen LogP contribution in [0.15, 0.2) is 40.1 Å². The zero-order valence-electron chi connectivity index (χ0n) is 11.9. The number of furan rings is 1. The topological polar surface area (TPSA) is 85.3 Å². The Kier molecular flexibility index (Phi) is 3.68. The summed E-state index contributed by atoms with van der Waals surface area (Å²) >= 11 is 1.19. The number of para-hydroxylation sites is 1. The molecule has 3 aromatic rings. The van der Waals surface area contributed by atoms with Crippen molar-refractivity contribution in [2.75, 3.05) is 0 Å². The number of hydrogen-bond donors (Lipinski definition) is 2. The first-order valence-corrected chi connectivity index (χ1v) is 7.58. The van der Waals surface area contributed by atoms with Crippen LogP contribution in [0.5, 0.6) is 0 Å². The average Bonchev–Trinajstić information content (AvgIpc) is 3.11. The van der Waals surface area contributed by atoms with Crippen molar-refractivity contribution < 1.29 is 14.0 Å². The molecule has 0 bridgehead atoms. The molecule has 22 heavy (non-hydrogen) atoms. The van der Waals surface area contributed by atoms with Crippen molar-refractivity contribution in [2.24, 2.45) is 5.73 Å². The number of amides is 2. The quantitative estimate of drug-likeness (QED) is 0.776. The first-order chi connectivity index (χ1) is 10.6. The predicted molar refractivity (Wildman–Crippen MR) is 85.0 cm³/mol. The summed E-state index contributed by atoms with van der Waals surface area (Å²) in [5, 5.41) is 5.41. The number of rotatable bonds is 4. The first-order valence-electron chi connectivity index (χ1n) is 6.70. The Balaban J connectivity index is 1.74. The smallest absolute Gasteiger partial charge is 0.261 e. The van der Waals surface area contributed by atoms with Crippen molar-refractivity contribution in [1.82, 2.24) is 5.32 Å². The van der Waals surface area contributed by atoms with Gasteiger partial charge in [-0.1, -0.05) is 18.2 Å². The van der Waals surface area contributed by atoms with Crippen LogP contribution in [0.1, 0.15) is 31.4 Å². The number of carbonyl (C=O) groups is 2. The number of nitrogens with two attached hydrogens (primary N) is 1. The molecule has 1 aromatic carbocycles. The third-order valence-electron chi connectivity index (χ3n) is 3.46. The summed E-state index contributed by atoms with van der Waals surface area (Å²) < 4.78 is 5.74. The van der Waals surface area contributed by atoms with E-state index in [1.54, 1.807) is 5.38 Å². The normalized spacial score (nSPS) is 10.8. The highest BCUT2D eigenvalue weighted by Crippen LogP contribution is 2.24. The van der Waals surface area contributed by atoms with E-state index in [0.29, 0.717) is 17.0 Å². The van der Waals surface area contributed by atoms with Gasteiger partial charge in [-0.25, -0.2) is 0 Å². The lowest BCUT2D eigenvalue weighted by Crippen LogP contribution is -2.22. The highest BCUT2D eigenvalue weighted by Gasteiger charge is 2.14. The molecule has 0 atom stereocenters. The second-order valence-electron chi connectivity index (χ2n) is 4.89. The van der Waals surface area contributed by atoms with Gasteiger partial charge in [0.2, 0.25) is 5.91 Å². The van der Waals surface area contributed by atoms with E-state index in [0.717, 1.165) is 22.3 Å². The van der Waals surface area contributed by atoms with Crippen LogP contribution in [0, 0.1) is 6.92 Å². The summed E-state index contributed by atoms with van der Waals surface area (Å²) in [6.45, 7) is 2.26. The van der Waals surface area contributed by atoms with Crippen molar-refractivity contribution in [3.05, 3.63) is 57.5 Å². The molecule has 0 aliphatic carbocycles. The van der Waals surface area contributed by atoms with E-state index in [-0.39, 0.29) is 5.91 Å². The zero-order valence-corrected chi connectivity index (χ0v) is 12.7. The van der Waals surface area contributed by atoms with E-state index in [1.165, 1.54) is 17.4 Å². The minimum absolute atomic E-state index is 0.252. The van der Waals surface area contributed by atoms with Crippen LogP contribution in [0.25, 0.3) is 11.0 Å². The van der Waals surface area contributed by atoms with E-state index >= 15 is 0 Å². The van der Waals surface area contributed by atoms with Crippen LogP contribution in [0.2, 0.25) is 0 Å². The molecule has 0 spiro atoms. The number of thiophene rings is 1. The predicted octanol–water partition coefficient (Wildman–Crippen LogP) is 2.83. The van der Waals surface area contributed by atoms with Crippen molar-refractivity contribution >= 4 is 34.1 Å². The Morgan fingerprint density at radius 1 is 1.32 bits per heavy atom. The van der Waals surface area contributed by atoms with Gasteiger partial charge in [-0.05, 0) is 19.1 Å². The lowest BCUT2D eigenvalue weighted by molar-refractivity contribution is 0.0952. The fourth-order valence-corrected chi connectivity index (χ4v) is 3.04.